The van der Waals surface area contributed by atoms with Gasteiger partial charge in [0.25, 0.3) is 5.91 Å². The van der Waals surface area contributed by atoms with Crippen LogP contribution >= 0.6 is 0 Å². The molecule has 0 spiro atoms. The molecule has 0 saturated carbocycles. The van der Waals surface area contributed by atoms with Crippen molar-refractivity contribution in [2.45, 2.75) is 18.9 Å². The van der Waals surface area contributed by atoms with E-state index in [4.69, 9.17) is 9.47 Å². The third kappa shape index (κ3) is 1.27. The molecule has 0 aromatic heterocycles. The number of amides is 1. The summed E-state index contributed by atoms with van der Waals surface area (Å²) in [4.78, 5) is 18.8. The average Bonchev–Trinajstić information content (AvgIpc) is 3.00. The number of carbonyl (C=O) groups is 1. The lowest BCUT2D eigenvalue weighted by Crippen LogP contribution is -2.35. The van der Waals surface area contributed by atoms with Crippen LogP contribution < -0.4 is 9.47 Å². The number of hydrogen-bond donors (Lipinski definition) is 0. The highest BCUT2D eigenvalue weighted by molar-refractivity contribution is 6.03. The van der Waals surface area contributed by atoms with Gasteiger partial charge < -0.3 is 14.4 Å². The van der Waals surface area contributed by atoms with Crippen molar-refractivity contribution in [2.75, 3.05) is 13.3 Å². The van der Waals surface area contributed by atoms with Crippen LogP contribution in [0.4, 0.5) is 5.69 Å². The van der Waals surface area contributed by atoms with Crippen LogP contribution in [0.1, 0.15) is 23.2 Å². The van der Waals surface area contributed by atoms with Gasteiger partial charge in [-0.3, -0.25) is 9.79 Å². The minimum atomic E-state index is 0.0447. The van der Waals surface area contributed by atoms with Gasteiger partial charge in [-0.05, 0) is 18.9 Å². The van der Waals surface area contributed by atoms with Crippen molar-refractivity contribution in [2.24, 2.45) is 4.99 Å². The summed E-state index contributed by atoms with van der Waals surface area (Å²) < 4.78 is 10.6. The maximum atomic E-state index is 12.5. The Hall–Kier alpha value is -2.04. The maximum Gasteiger partial charge on any atom is 0.256 e. The van der Waals surface area contributed by atoms with Crippen molar-refractivity contribution in [1.82, 2.24) is 4.90 Å². The summed E-state index contributed by atoms with van der Waals surface area (Å²) >= 11 is 0. The van der Waals surface area contributed by atoms with Crippen molar-refractivity contribution in [3.63, 3.8) is 0 Å². The SMILES string of the molecule is O=C1c2cc3c(cc2N=C[C@@H]2CCCN12)OCO3. The van der Waals surface area contributed by atoms with Crippen LogP contribution in [0.15, 0.2) is 17.1 Å². The van der Waals surface area contributed by atoms with Gasteiger partial charge in [0.05, 0.1) is 17.3 Å². The standard InChI is InChI=1S/C13H12N2O3/c16-13-9-4-11-12(18-7-17-11)5-10(9)14-6-8-2-1-3-15(8)13/h4-6,8H,1-3,7H2/t8-/m0/s1. The average molecular weight is 244 g/mol. The summed E-state index contributed by atoms with van der Waals surface area (Å²) in [5, 5.41) is 0. The quantitative estimate of drug-likeness (QED) is 0.698. The Bertz CT molecular complexity index is 568. The molecule has 3 aliphatic heterocycles. The second kappa shape index (κ2) is 3.48. The number of aliphatic imine (C=N–C) groups is 1. The fraction of sp³-hybridized carbons (Fsp3) is 0.385. The van der Waals surface area contributed by atoms with Gasteiger partial charge in [-0.1, -0.05) is 0 Å². The van der Waals surface area contributed by atoms with Crippen molar-refractivity contribution in [3.8, 4) is 11.5 Å². The van der Waals surface area contributed by atoms with Crippen molar-refractivity contribution < 1.29 is 14.3 Å². The van der Waals surface area contributed by atoms with Gasteiger partial charge in [-0.15, -0.1) is 0 Å². The number of rotatable bonds is 0. The van der Waals surface area contributed by atoms with E-state index < -0.39 is 0 Å². The second-order valence-corrected chi connectivity index (χ2v) is 4.71. The molecule has 1 atom stereocenters. The summed E-state index contributed by atoms with van der Waals surface area (Å²) in [5.74, 6) is 1.35. The fourth-order valence-electron chi connectivity index (χ4n) is 2.73. The molecule has 0 radical (unpaired) electrons. The molecular formula is C13H12N2O3. The first-order chi connectivity index (χ1) is 8.83. The van der Waals surface area contributed by atoms with Crippen LogP contribution in [0.2, 0.25) is 0 Å². The lowest BCUT2D eigenvalue weighted by Gasteiger charge is -2.19. The highest BCUT2D eigenvalue weighted by Gasteiger charge is 2.33. The van der Waals surface area contributed by atoms with Crippen LogP contribution in [0.25, 0.3) is 0 Å². The number of benzene rings is 1. The molecule has 0 unspecified atom stereocenters. The normalized spacial score (nSPS) is 23.9. The Morgan fingerprint density at radius 2 is 2.11 bits per heavy atom. The van der Waals surface area contributed by atoms with Gasteiger partial charge in [0.15, 0.2) is 11.5 Å². The zero-order valence-electron chi connectivity index (χ0n) is 9.76. The van der Waals surface area contributed by atoms with E-state index in [1.165, 1.54) is 0 Å². The van der Waals surface area contributed by atoms with Crippen LogP contribution in [-0.4, -0.2) is 36.4 Å². The molecule has 4 rings (SSSR count). The molecule has 3 heterocycles. The van der Waals surface area contributed by atoms with Gasteiger partial charge in [-0.25, -0.2) is 0 Å². The minimum absolute atomic E-state index is 0.0447. The molecule has 92 valence electrons. The molecule has 5 heteroatoms. The molecule has 18 heavy (non-hydrogen) atoms. The number of carbonyl (C=O) groups excluding carboxylic acids is 1. The van der Waals surface area contributed by atoms with E-state index >= 15 is 0 Å². The molecule has 1 saturated heterocycles. The van der Waals surface area contributed by atoms with E-state index in [1.807, 2.05) is 11.1 Å². The zero-order chi connectivity index (χ0) is 12.1. The van der Waals surface area contributed by atoms with E-state index in [2.05, 4.69) is 4.99 Å². The molecule has 5 nitrogen and oxygen atoms in total. The van der Waals surface area contributed by atoms with Crippen molar-refractivity contribution >= 4 is 17.8 Å². The van der Waals surface area contributed by atoms with Gasteiger partial charge >= 0.3 is 0 Å². The van der Waals surface area contributed by atoms with Gasteiger partial charge in [-0.2, -0.15) is 0 Å². The van der Waals surface area contributed by atoms with E-state index in [0.717, 1.165) is 19.4 Å². The minimum Gasteiger partial charge on any atom is -0.454 e. The Morgan fingerprint density at radius 3 is 3.00 bits per heavy atom. The van der Waals surface area contributed by atoms with Crippen LogP contribution in [-0.2, 0) is 0 Å². The summed E-state index contributed by atoms with van der Waals surface area (Å²) in [6.45, 7) is 1.02. The molecule has 3 aliphatic rings. The molecular weight excluding hydrogens is 232 g/mol. The Kier molecular flexibility index (Phi) is 1.92. The van der Waals surface area contributed by atoms with E-state index in [1.54, 1.807) is 12.1 Å². The number of fused-ring (bicyclic) bond motifs is 3. The maximum absolute atomic E-state index is 12.5. The molecule has 0 N–H and O–H groups in total. The van der Waals surface area contributed by atoms with Crippen molar-refractivity contribution in [1.29, 1.82) is 0 Å². The number of nitrogens with zero attached hydrogens (tertiary/aromatic N) is 2. The lowest BCUT2D eigenvalue weighted by atomic mass is 10.1. The highest BCUT2D eigenvalue weighted by Crippen LogP contribution is 2.40. The van der Waals surface area contributed by atoms with Gasteiger partial charge in [0.1, 0.15) is 0 Å². The summed E-state index contributed by atoms with van der Waals surface area (Å²) in [6.07, 6.45) is 3.91. The summed E-state index contributed by atoms with van der Waals surface area (Å²) in [7, 11) is 0. The summed E-state index contributed by atoms with van der Waals surface area (Å²) in [6, 6.07) is 3.67. The van der Waals surface area contributed by atoms with Crippen LogP contribution in [0.3, 0.4) is 0 Å². The third-order valence-corrected chi connectivity index (χ3v) is 3.67. The molecule has 1 fully saturated rings. The Labute approximate surface area is 104 Å². The Morgan fingerprint density at radius 1 is 1.28 bits per heavy atom. The predicted octanol–water partition coefficient (Wildman–Crippen LogP) is 1.74. The van der Waals surface area contributed by atoms with Gasteiger partial charge in [0.2, 0.25) is 6.79 Å². The van der Waals surface area contributed by atoms with E-state index in [0.29, 0.717) is 22.7 Å². The number of hydrogen-bond acceptors (Lipinski definition) is 4. The lowest BCUT2D eigenvalue weighted by molar-refractivity contribution is 0.0774. The molecule has 1 aromatic rings. The van der Waals surface area contributed by atoms with Crippen LogP contribution in [0.5, 0.6) is 11.5 Å². The summed E-state index contributed by atoms with van der Waals surface area (Å²) in [5.41, 5.74) is 1.29. The van der Waals surface area contributed by atoms with E-state index in [9.17, 15) is 4.79 Å². The highest BCUT2D eigenvalue weighted by atomic mass is 16.7. The molecule has 0 aliphatic carbocycles. The first-order valence-corrected chi connectivity index (χ1v) is 6.12. The molecule has 0 bridgehead atoms. The molecule has 1 amide bonds. The predicted molar refractivity (Wildman–Crippen MR) is 64.8 cm³/mol. The van der Waals surface area contributed by atoms with Gasteiger partial charge in [0, 0.05) is 18.8 Å². The topological polar surface area (TPSA) is 51.1 Å². The monoisotopic (exact) mass is 244 g/mol. The number of ether oxygens (including phenoxy) is 2. The second-order valence-electron chi connectivity index (χ2n) is 4.71. The third-order valence-electron chi connectivity index (χ3n) is 3.67. The van der Waals surface area contributed by atoms with Crippen LogP contribution in [0, 0.1) is 0 Å². The zero-order valence-corrected chi connectivity index (χ0v) is 9.76. The smallest absolute Gasteiger partial charge is 0.256 e. The van der Waals surface area contributed by atoms with Crippen molar-refractivity contribution in [3.05, 3.63) is 17.7 Å². The first-order valence-electron chi connectivity index (χ1n) is 6.12. The fourth-order valence-corrected chi connectivity index (χ4v) is 2.73. The van der Waals surface area contributed by atoms with E-state index in [-0.39, 0.29) is 18.7 Å². The Balaban J connectivity index is 1.87. The molecule has 1 aromatic carbocycles. The first kappa shape index (κ1) is 9.94. The largest absolute Gasteiger partial charge is 0.454 e.